The Morgan fingerprint density at radius 3 is 2.23 bits per heavy atom. The van der Waals surface area contributed by atoms with Crippen molar-refractivity contribution in [3.8, 4) is 11.5 Å². The smallest absolute Gasteiger partial charge is 0.257 e. The quantitative estimate of drug-likeness (QED) is 0.507. The van der Waals surface area contributed by atoms with Crippen molar-refractivity contribution in [2.24, 2.45) is 0 Å². The first-order chi connectivity index (χ1) is 15.1. The molecule has 3 rings (SSSR count). The minimum Gasteiger partial charge on any atom is -0.497 e. The van der Waals surface area contributed by atoms with E-state index in [1.165, 1.54) is 6.08 Å². The molecule has 0 fully saturated rings. The molecule has 0 heterocycles. The van der Waals surface area contributed by atoms with Crippen LogP contribution in [0.5, 0.6) is 11.5 Å². The Hall–Kier alpha value is -4.06. The molecular weight excluding hydrogens is 392 g/mol. The maximum Gasteiger partial charge on any atom is 0.257 e. The molecule has 0 spiro atoms. The number of para-hydroxylation sites is 1. The van der Waals surface area contributed by atoms with Crippen LogP contribution in [0.15, 0.2) is 78.9 Å². The average Bonchev–Trinajstić information content (AvgIpc) is 2.80. The second-order valence-corrected chi connectivity index (χ2v) is 6.55. The molecule has 0 unspecified atom stereocenters. The van der Waals surface area contributed by atoms with Gasteiger partial charge in [0.15, 0.2) is 0 Å². The monoisotopic (exact) mass is 416 g/mol. The number of rotatable bonds is 8. The summed E-state index contributed by atoms with van der Waals surface area (Å²) in [7, 11) is 1.60. The van der Waals surface area contributed by atoms with Gasteiger partial charge < -0.3 is 20.1 Å². The molecule has 2 amide bonds. The van der Waals surface area contributed by atoms with Crippen molar-refractivity contribution >= 4 is 29.3 Å². The fourth-order valence-electron chi connectivity index (χ4n) is 2.85. The third kappa shape index (κ3) is 6.21. The Morgan fingerprint density at radius 2 is 1.55 bits per heavy atom. The zero-order valence-corrected chi connectivity index (χ0v) is 17.4. The van der Waals surface area contributed by atoms with E-state index in [1.807, 2.05) is 31.2 Å². The number of hydrogen-bond donors (Lipinski definition) is 2. The zero-order chi connectivity index (χ0) is 22.1. The first-order valence-corrected chi connectivity index (χ1v) is 9.85. The van der Waals surface area contributed by atoms with E-state index in [-0.39, 0.29) is 11.8 Å². The average molecular weight is 416 g/mol. The third-order valence-corrected chi connectivity index (χ3v) is 4.40. The predicted octanol–water partition coefficient (Wildman–Crippen LogP) is 5.00. The Labute approximate surface area is 181 Å². The summed E-state index contributed by atoms with van der Waals surface area (Å²) in [6.45, 7) is 2.48. The van der Waals surface area contributed by atoms with E-state index >= 15 is 0 Å². The van der Waals surface area contributed by atoms with Crippen LogP contribution in [0.3, 0.4) is 0 Å². The number of benzene rings is 3. The van der Waals surface area contributed by atoms with Gasteiger partial charge in [0.25, 0.3) is 5.91 Å². The van der Waals surface area contributed by atoms with Crippen molar-refractivity contribution in [3.05, 3.63) is 90.0 Å². The van der Waals surface area contributed by atoms with Crippen LogP contribution < -0.4 is 20.1 Å². The molecule has 158 valence electrons. The summed E-state index contributed by atoms with van der Waals surface area (Å²) < 4.78 is 10.5. The molecule has 0 saturated heterocycles. The predicted molar refractivity (Wildman–Crippen MR) is 123 cm³/mol. The van der Waals surface area contributed by atoms with Crippen LogP contribution in [0, 0.1) is 0 Å². The molecular formula is C25H24N2O4. The summed E-state index contributed by atoms with van der Waals surface area (Å²) in [5, 5.41) is 5.60. The zero-order valence-electron chi connectivity index (χ0n) is 17.4. The molecule has 31 heavy (non-hydrogen) atoms. The number of amides is 2. The lowest BCUT2D eigenvalue weighted by atomic mass is 10.1. The van der Waals surface area contributed by atoms with Crippen molar-refractivity contribution in [1.82, 2.24) is 0 Å². The summed E-state index contributed by atoms with van der Waals surface area (Å²) in [6, 6.07) is 21.3. The number of methoxy groups -OCH3 is 1. The van der Waals surface area contributed by atoms with Crippen LogP contribution in [-0.4, -0.2) is 25.5 Å². The maximum absolute atomic E-state index is 12.7. The van der Waals surface area contributed by atoms with Crippen LogP contribution in [0.1, 0.15) is 22.8 Å². The van der Waals surface area contributed by atoms with Gasteiger partial charge in [0.1, 0.15) is 11.5 Å². The van der Waals surface area contributed by atoms with Gasteiger partial charge in [-0.25, -0.2) is 0 Å². The molecule has 6 nitrogen and oxygen atoms in total. The van der Waals surface area contributed by atoms with Crippen molar-refractivity contribution in [2.45, 2.75) is 6.92 Å². The lowest BCUT2D eigenvalue weighted by molar-refractivity contribution is -0.111. The molecule has 0 aliphatic carbocycles. The number of ether oxygens (including phenoxy) is 2. The molecule has 0 aliphatic rings. The lowest BCUT2D eigenvalue weighted by Crippen LogP contribution is -2.17. The fraction of sp³-hybridized carbons (Fsp3) is 0.120. The minimum absolute atomic E-state index is 0.320. The highest BCUT2D eigenvalue weighted by Gasteiger charge is 2.12. The molecule has 0 radical (unpaired) electrons. The molecule has 0 atom stereocenters. The molecule has 0 saturated carbocycles. The highest BCUT2D eigenvalue weighted by atomic mass is 16.5. The van der Waals surface area contributed by atoms with Gasteiger partial charge in [-0.1, -0.05) is 24.3 Å². The number of hydrogen-bond acceptors (Lipinski definition) is 4. The van der Waals surface area contributed by atoms with Crippen LogP contribution in [0.2, 0.25) is 0 Å². The van der Waals surface area contributed by atoms with Crippen LogP contribution in [0.4, 0.5) is 11.4 Å². The highest BCUT2D eigenvalue weighted by molar-refractivity contribution is 6.11. The van der Waals surface area contributed by atoms with E-state index in [0.717, 1.165) is 17.1 Å². The largest absolute Gasteiger partial charge is 0.497 e. The van der Waals surface area contributed by atoms with E-state index in [4.69, 9.17) is 9.47 Å². The number of carbonyl (C=O) groups excluding carboxylic acids is 2. The van der Waals surface area contributed by atoms with Crippen molar-refractivity contribution in [1.29, 1.82) is 0 Å². The van der Waals surface area contributed by atoms with Crippen LogP contribution >= 0.6 is 0 Å². The van der Waals surface area contributed by atoms with Crippen molar-refractivity contribution in [2.75, 3.05) is 24.4 Å². The summed E-state index contributed by atoms with van der Waals surface area (Å²) in [6.07, 6.45) is 3.11. The summed E-state index contributed by atoms with van der Waals surface area (Å²) in [5.41, 5.74) is 2.28. The lowest BCUT2D eigenvalue weighted by Gasteiger charge is -2.11. The Kier molecular flexibility index (Phi) is 7.43. The maximum atomic E-state index is 12.7. The normalized spacial score (nSPS) is 10.5. The van der Waals surface area contributed by atoms with Gasteiger partial charge in [0.05, 0.1) is 25.0 Å². The van der Waals surface area contributed by atoms with Crippen LogP contribution in [-0.2, 0) is 4.79 Å². The molecule has 2 N–H and O–H groups in total. The molecule has 3 aromatic carbocycles. The Morgan fingerprint density at radius 1 is 0.871 bits per heavy atom. The molecule has 0 bridgehead atoms. The van der Waals surface area contributed by atoms with Gasteiger partial charge in [0, 0.05) is 11.8 Å². The number of carbonyl (C=O) groups is 2. The van der Waals surface area contributed by atoms with Gasteiger partial charge in [0.2, 0.25) is 5.91 Å². The Balaban J connectivity index is 1.66. The molecule has 0 aliphatic heterocycles. The van der Waals surface area contributed by atoms with E-state index in [2.05, 4.69) is 10.6 Å². The topological polar surface area (TPSA) is 76.7 Å². The van der Waals surface area contributed by atoms with Gasteiger partial charge >= 0.3 is 0 Å². The fourth-order valence-corrected chi connectivity index (χ4v) is 2.85. The first kappa shape index (κ1) is 21.6. The van der Waals surface area contributed by atoms with Gasteiger partial charge in [-0.3, -0.25) is 9.59 Å². The van der Waals surface area contributed by atoms with E-state index in [9.17, 15) is 9.59 Å². The van der Waals surface area contributed by atoms with Gasteiger partial charge in [-0.05, 0) is 67.1 Å². The van der Waals surface area contributed by atoms with E-state index in [1.54, 1.807) is 61.7 Å². The summed E-state index contributed by atoms with van der Waals surface area (Å²) >= 11 is 0. The first-order valence-electron chi connectivity index (χ1n) is 9.85. The second-order valence-electron chi connectivity index (χ2n) is 6.55. The Bertz CT molecular complexity index is 1060. The minimum atomic E-state index is -0.336. The number of nitrogens with one attached hydrogen (secondary N) is 2. The van der Waals surface area contributed by atoms with E-state index < -0.39 is 0 Å². The number of anilines is 2. The third-order valence-electron chi connectivity index (χ3n) is 4.40. The summed E-state index contributed by atoms with van der Waals surface area (Å²) in [5.74, 6) is 0.821. The van der Waals surface area contributed by atoms with Gasteiger partial charge in [-0.2, -0.15) is 0 Å². The SMILES string of the molecule is CCOc1ccc(NC(=O)c2ccccc2NC(=O)C=Cc2ccc(OC)cc2)cc1. The van der Waals surface area contributed by atoms with E-state index in [0.29, 0.717) is 23.5 Å². The standard InChI is InChI=1S/C25H24N2O4/c1-3-31-21-15-11-19(12-16-21)26-25(29)22-6-4-5-7-23(22)27-24(28)17-10-18-8-13-20(30-2)14-9-18/h4-17H,3H2,1-2H3,(H,26,29)(H,27,28). The van der Waals surface area contributed by atoms with Crippen molar-refractivity contribution < 1.29 is 19.1 Å². The van der Waals surface area contributed by atoms with Crippen LogP contribution in [0.25, 0.3) is 6.08 Å². The highest BCUT2D eigenvalue weighted by Crippen LogP contribution is 2.20. The molecule has 3 aromatic rings. The molecule has 6 heteroatoms. The van der Waals surface area contributed by atoms with Gasteiger partial charge in [-0.15, -0.1) is 0 Å². The summed E-state index contributed by atoms with van der Waals surface area (Å²) in [4.78, 5) is 25.1. The molecule has 0 aromatic heterocycles. The second kappa shape index (κ2) is 10.6. The van der Waals surface area contributed by atoms with Crippen molar-refractivity contribution in [3.63, 3.8) is 0 Å².